The van der Waals surface area contributed by atoms with E-state index in [1.54, 1.807) is 12.1 Å². The number of aliphatic carboxylic acids is 1. The topological polar surface area (TPSA) is 40.5 Å². The summed E-state index contributed by atoms with van der Waals surface area (Å²) in [6.07, 6.45) is 1.61. The maximum absolute atomic E-state index is 11.2. The zero-order valence-corrected chi connectivity index (χ0v) is 11.6. The first-order chi connectivity index (χ1) is 8.50. The second-order valence-corrected chi connectivity index (χ2v) is 5.42. The Hall–Kier alpha value is -0.770. The van der Waals surface area contributed by atoms with Crippen LogP contribution in [0.2, 0.25) is 10.0 Å². The zero-order chi connectivity index (χ0) is 13.3. The van der Waals surface area contributed by atoms with Crippen LogP contribution < -0.4 is 0 Å². The van der Waals surface area contributed by atoms with E-state index in [0.29, 0.717) is 16.5 Å². The summed E-state index contributed by atoms with van der Waals surface area (Å²) in [6.45, 7) is 2.77. The molecular weight excluding hydrogens is 273 g/mol. The molecule has 2 unspecified atom stereocenters. The van der Waals surface area contributed by atoms with Crippen LogP contribution in [-0.2, 0) is 4.79 Å². The average molecular weight is 288 g/mol. The molecule has 2 atom stereocenters. The van der Waals surface area contributed by atoms with Crippen LogP contribution in [0.4, 0.5) is 0 Å². The molecule has 98 valence electrons. The molecule has 0 spiro atoms. The standard InChI is InChI=1S/C13H15Cl2NO2/c1-8(10-5-4-9(14)7-11(10)15)16-6-2-3-12(16)13(17)18/h4-5,7-8,12H,2-3,6H2,1H3,(H,17,18). The lowest BCUT2D eigenvalue weighted by molar-refractivity contribution is -0.142. The highest BCUT2D eigenvalue weighted by Gasteiger charge is 2.34. The third-order valence-corrected chi connectivity index (χ3v) is 4.05. The minimum absolute atomic E-state index is 0.0154. The van der Waals surface area contributed by atoms with Gasteiger partial charge in [-0.25, -0.2) is 0 Å². The summed E-state index contributed by atoms with van der Waals surface area (Å²) in [7, 11) is 0. The molecule has 18 heavy (non-hydrogen) atoms. The highest BCUT2D eigenvalue weighted by Crippen LogP contribution is 2.34. The number of carboxylic acid groups (broad SMARTS) is 1. The molecule has 1 aliphatic heterocycles. The summed E-state index contributed by atoms with van der Waals surface area (Å²) in [4.78, 5) is 13.2. The van der Waals surface area contributed by atoms with Crippen molar-refractivity contribution in [2.24, 2.45) is 0 Å². The minimum Gasteiger partial charge on any atom is -0.480 e. The first kappa shape index (κ1) is 13.7. The Morgan fingerprint density at radius 3 is 2.83 bits per heavy atom. The Morgan fingerprint density at radius 1 is 1.50 bits per heavy atom. The van der Waals surface area contributed by atoms with E-state index in [4.69, 9.17) is 23.2 Å². The normalized spacial score (nSPS) is 22.1. The molecule has 0 bridgehead atoms. The second-order valence-electron chi connectivity index (χ2n) is 4.58. The van der Waals surface area contributed by atoms with Crippen LogP contribution in [0.3, 0.4) is 0 Å². The Bertz CT molecular complexity index is 464. The van der Waals surface area contributed by atoms with Crippen LogP contribution >= 0.6 is 23.2 Å². The van der Waals surface area contributed by atoms with E-state index in [-0.39, 0.29) is 6.04 Å². The number of halogens is 2. The highest BCUT2D eigenvalue weighted by atomic mass is 35.5. The van der Waals surface area contributed by atoms with E-state index in [1.165, 1.54) is 0 Å². The predicted octanol–water partition coefficient (Wildman–Crippen LogP) is 3.60. The van der Waals surface area contributed by atoms with Crippen molar-refractivity contribution in [3.63, 3.8) is 0 Å². The SMILES string of the molecule is CC(c1ccc(Cl)cc1Cl)N1CCCC1C(=O)O. The van der Waals surface area contributed by atoms with Crippen molar-refractivity contribution >= 4 is 29.2 Å². The van der Waals surface area contributed by atoms with E-state index in [0.717, 1.165) is 18.5 Å². The number of carbonyl (C=O) groups is 1. The summed E-state index contributed by atoms with van der Waals surface area (Å²) in [5, 5.41) is 10.4. The number of rotatable bonds is 3. The summed E-state index contributed by atoms with van der Waals surface area (Å²) < 4.78 is 0. The van der Waals surface area contributed by atoms with Crippen molar-refractivity contribution < 1.29 is 9.90 Å². The van der Waals surface area contributed by atoms with Gasteiger partial charge in [-0.05, 0) is 44.0 Å². The van der Waals surface area contributed by atoms with Crippen molar-refractivity contribution in [1.82, 2.24) is 4.90 Å². The van der Waals surface area contributed by atoms with E-state index in [2.05, 4.69) is 0 Å². The van der Waals surface area contributed by atoms with Crippen molar-refractivity contribution in [3.8, 4) is 0 Å². The number of nitrogens with zero attached hydrogens (tertiary/aromatic N) is 1. The smallest absolute Gasteiger partial charge is 0.320 e. The van der Waals surface area contributed by atoms with Gasteiger partial charge in [0.05, 0.1) is 0 Å². The van der Waals surface area contributed by atoms with Gasteiger partial charge in [0, 0.05) is 16.1 Å². The van der Waals surface area contributed by atoms with Crippen LogP contribution in [0.1, 0.15) is 31.4 Å². The molecule has 3 nitrogen and oxygen atoms in total. The molecule has 2 rings (SSSR count). The molecule has 0 aliphatic carbocycles. The van der Waals surface area contributed by atoms with Crippen LogP contribution in [0, 0.1) is 0 Å². The van der Waals surface area contributed by atoms with E-state index >= 15 is 0 Å². The molecule has 1 aromatic carbocycles. The van der Waals surface area contributed by atoms with Crippen molar-refractivity contribution in [3.05, 3.63) is 33.8 Å². The molecule has 1 fully saturated rings. The van der Waals surface area contributed by atoms with Gasteiger partial charge in [-0.3, -0.25) is 9.69 Å². The van der Waals surface area contributed by atoms with Crippen LogP contribution in [0.15, 0.2) is 18.2 Å². The first-order valence-corrected chi connectivity index (χ1v) is 6.70. The lowest BCUT2D eigenvalue weighted by atomic mass is 10.1. The predicted molar refractivity (Wildman–Crippen MR) is 72.2 cm³/mol. The van der Waals surface area contributed by atoms with Gasteiger partial charge in [0.2, 0.25) is 0 Å². The molecule has 0 aromatic heterocycles. The van der Waals surface area contributed by atoms with Crippen LogP contribution in [0.25, 0.3) is 0 Å². The maximum atomic E-state index is 11.2. The fourth-order valence-electron chi connectivity index (χ4n) is 2.54. The van der Waals surface area contributed by atoms with Gasteiger partial charge in [0.25, 0.3) is 0 Å². The lowest BCUT2D eigenvalue weighted by Crippen LogP contribution is -2.37. The molecule has 0 saturated carbocycles. The molecule has 1 aromatic rings. The van der Waals surface area contributed by atoms with Crippen LogP contribution in [-0.4, -0.2) is 28.6 Å². The average Bonchev–Trinajstić information content (AvgIpc) is 2.77. The quantitative estimate of drug-likeness (QED) is 0.923. The van der Waals surface area contributed by atoms with Crippen molar-refractivity contribution in [2.45, 2.75) is 31.8 Å². The van der Waals surface area contributed by atoms with Gasteiger partial charge in [-0.15, -0.1) is 0 Å². The molecule has 1 heterocycles. The van der Waals surface area contributed by atoms with Gasteiger partial charge >= 0.3 is 5.97 Å². The van der Waals surface area contributed by atoms with Gasteiger partial charge in [-0.1, -0.05) is 29.3 Å². The number of likely N-dealkylation sites (tertiary alicyclic amines) is 1. The molecular formula is C13H15Cl2NO2. The fraction of sp³-hybridized carbons (Fsp3) is 0.462. The number of hydrogen-bond acceptors (Lipinski definition) is 2. The van der Waals surface area contributed by atoms with Gasteiger partial charge in [0.15, 0.2) is 0 Å². The number of hydrogen-bond donors (Lipinski definition) is 1. The third kappa shape index (κ3) is 2.63. The molecule has 1 aliphatic rings. The van der Waals surface area contributed by atoms with E-state index in [1.807, 2.05) is 17.9 Å². The largest absolute Gasteiger partial charge is 0.480 e. The second kappa shape index (κ2) is 5.47. The zero-order valence-electron chi connectivity index (χ0n) is 10.1. The van der Waals surface area contributed by atoms with E-state index < -0.39 is 12.0 Å². The molecule has 0 radical (unpaired) electrons. The lowest BCUT2D eigenvalue weighted by Gasteiger charge is -2.29. The Kier molecular flexibility index (Phi) is 4.15. The minimum atomic E-state index is -0.760. The highest BCUT2D eigenvalue weighted by molar-refractivity contribution is 6.35. The first-order valence-electron chi connectivity index (χ1n) is 5.94. The number of benzene rings is 1. The molecule has 1 N–H and O–H groups in total. The molecule has 5 heteroatoms. The molecule has 1 saturated heterocycles. The summed E-state index contributed by atoms with van der Waals surface area (Å²) in [5.41, 5.74) is 0.925. The molecule has 0 amide bonds. The Labute approximate surface area is 116 Å². The Balaban J connectivity index is 2.25. The number of carboxylic acids is 1. The van der Waals surface area contributed by atoms with Gasteiger partial charge in [-0.2, -0.15) is 0 Å². The third-order valence-electron chi connectivity index (χ3n) is 3.49. The monoisotopic (exact) mass is 287 g/mol. The summed E-state index contributed by atoms with van der Waals surface area (Å²) in [6, 6.07) is 4.92. The summed E-state index contributed by atoms with van der Waals surface area (Å²) >= 11 is 12.0. The maximum Gasteiger partial charge on any atom is 0.320 e. The Morgan fingerprint density at radius 2 is 2.22 bits per heavy atom. The van der Waals surface area contributed by atoms with Crippen LogP contribution in [0.5, 0.6) is 0 Å². The van der Waals surface area contributed by atoms with Gasteiger partial charge in [0.1, 0.15) is 6.04 Å². The van der Waals surface area contributed by atoms with E-state index in [9.17, 15) is 9.90 Å². The van der Waals surface area contributed by atoms with Crippen molar-refractivity contribution in [1.29, 1.82) is 0 Å². The van der Waals surface area contributed by atoms with Gasteiger partial charge < -0.3 is 5.11 Å². The van der Waals surface area contributed by atoms with Crippen molar-refractivity contribution in [2.75, 3.05) is 6.54 Å². The summed E-state index contributed by atoms with van der Waals surface area (Å²) in [5.74, 6) is -0.760. The fourth-order valence-corrected chi connectivity index (χ4v) is 3.10.